The average Bonchev–Trinajstić information content (AvgIpc) is 2.55. The minimum Gasteiger partial charge on any atom is -0.383 e. The van der Waals surface area contributed by atoms with Gasteiger partial charge in [0.05, 0.1) is 22.3 Å². The second-order valence-electron chi connectivity index (χ2n) is 4.99. The monoisotopic (exact) mass is 328 g/mol. The third kappa shape index (κ3) is 4.18. The van der Waals surface area contributed by atoms with Gasteiger partial charge in [-0.15, -0.1) is 0 Å². The Morgan fingerprint density at radius 2 is 1.87 bits per heavy atom. The zero-order chi connectivity index (χ0) is 16.9. The molecule has 0 heterocycles. The van der Waals surface area contributed by atoms with Gasteiger partial charge < -0.3 is 5.32 Å². The van der Waals surface area contributed by atoms with Crippen LogP contribution in [0.25, 0.3) is 0 Å². The molecule has 118 valence electrons. The van der Waals surface area contributed by atoms with E-state index in [4.69, 9.17) is 5.26 Å². The Bertz CT molecular complexity index is 853. The molecule has 0 atom stereocenters. The first-order valence-electron chi connectivity index (χ1n) is 7.01. The molecule has 0 spiro atoms. The molecule has 0 aromatic heterocycles. The van der Waals surface area contributed by atoms with Crippen molar-refractivity contribution in [1.82, 2.24) is 0 Å². The molecule has 0 aliphatic rings. The van der Waals surface area contributed by atoms with Gasteiger partial charge in [0.15, 0.2) is 15.6 Å². The maximum absolute atomic E-state index is 12.2. The fourth-order valence-corrected chi connectivity index (χ4v) is 3.31. The lowest BCUT2D eigenvalue weighted by Crippen LogP contribution is -2.17. The molecule has 0 amide bonds. The lowest BCUT2D eigenvalue weighted by molar-refractivity contribution is 0.101. The summed E-state index contributed by atoms with van der Waals surface area (Å²) >= 11 is 0. The standard InChI is InChI=1S/C17H16N2O3S/c1-13(20)16-8-7-14(12-18)11-17(16)19-9-10-23(21,22)15-5-3-2-4-6-15/h2-8,11,19H,9-10H2,1H3. The number of hydrogen-bond acceptors (Lipinski definition) is 5. The first-order chi connectivity index (χ1) is 10.9. The van der Waals surface area contributed by atoms with Crippen LogP contribution in [0, 0.1) is 11.3 Å². The lowest BCUT2D eigenvalue weighted by Gasteiger charge is -2.11. The Kier molecular flexibility index (Phi) is 5.14. The molecule has 0 fully saturated rings. The summed E-state index contributed by atoms with van der Waals surface area (Å²) in [5.41, 5.74) is 1.31. The summed E-state index contributed by atoms with van der Waals surface area (Å²) in [6.45, 7) is 1.57. The summed E-state index contributed by atoms with van der Waals surface area (Å²) in [7, 11) is -3.39. The summed E-state index contributed by atoms with van der Waals surface area (Å²) in [6, 6.07) is 14.9. The van der Waals surface area contributed by atoms with Crippen LogP contribution in [0.15, 0.2) is 53.4 Å². The third-order valence-corrected chi connectivity index (χ3v) is 5.05. The number of carbonyl (C=O) groups is 1. The van der Waals surface area contributed by atoms with Crippen LogP contribution in [-0.2, 0) is 9.84 Å². The summed E-state index contributed by atoms with van der Waals surface area (Å²) in [5, 5.41) is 11.9. The molecule has 2 rings (SSSR count). The number of rotatable bonds is 6. The van der Waals surface area contributed by atoms with E-state index in [1.807, 2.05) is 6.07 Å². The number of carbonyl (C=O) groups excluding carboxylic acids is 1. The molecule has 5 nitrogen and oxygen atoms in total. The van der Waals surface area contributed by atoms with Crippen molar-refractivity contribution in [2.45, 2.75) is 11.8 Å². The van der Waals surface area contributed by atoms with E-state index in [-0.39, 0.29) is 23.0 Å². The van der Waals surface area contributed by atoms with E-state index in [0.717, 1.165) is 0 Å². The zero-order valence-electron chi connectivity index (χ0n) is 12.6. The quantitative estimate of drug-likeness (QED) is 0.824. The maximum atomic E-state index is 12.2. The molecule has 23 heavy (non-hydrogen) atoms. The number of nitriles is 1. The van der Waals surface area contributed by atoms with Crippen LogP contribution < -0.4 is 5.32 Å². The molecule has 2 aromatic carbocycles. The predicted octanol–water partition coefficient (Wildman–Crippen LogP) is 2.65. The van der Waals surface area contributed by atoms with Crippen LogP contribution in [0.4, 0.5) is 5.69 Å². The first-order valence-corrected chi connectivity index (χ1v) is 8.66. The van der Waals surface area contributed by atoms with Crippen LogP contribution in [-0.4, -0.2) is 26.5 Å². The molecule has 1 N–H and O–H groups in total. The van der Waals surface area contributed by atoms with Crippen molar-refractivity contribution in [3.8, 4) is 6.07 Å². The van der Waals surface area contributed by atoms with Gasteiger partial charge in [0.25, 0.3) is 0 Å². The molecular formula is C17H16N2O3S. The number of Topliss-reactive ketones (excluding diaryl/α,β-unsaturated/α-hetero) is 1. The summed E-state index contributed by atoms with van der Waals surface area (Å²) in [5.74, 6) is -0.256. The van der Waals surface area contributed by atoms with Crippen molar-refractivity contribution in [2.75, 3.05) is 17.6 Å². The van der Waals surface area contributed by atoms with Gasteiger partial charge in [-0.2, -0.15) is 5.26 Å². The molecule has 0 saturated carbocycles. The van der Waals surface area contributed by atoms with Gasteiger partial charge in [0.2, 0.25) is 0 Å². The highest BCUT2D eigenvalue weighted by molar-refractivity contribution is 7.91. The Labute approximate surface area is 135 Å². The number of nitrogens with one attached hydrogen (secondary N) is 1. The van der Waals surface area contributed by atoms with Crippen molar-refractivity contribution in [3.05, 3.63) is 59.7 Å². The van der Waals surface area contributed by atoms with Crippen molar-refractivity contribution in [3.63, 3.8) is 0 Å². The van der Waals surface area contributed by atoms with Gasteiger partial charge in [0, 0.05) is 17.8 Å². The molecule has 0 aliphatic heterocycles. The Morgan fingerprint density at radius 1 is 1.17 bits per heavy atom. The van der Waals surface area contributed by atoms with Crippen LogP contribution in [0.2, 0.25) is 0 Å². The van der Waals surface area contributed by atoms with Crippen molar-refractivity contribution >= 4 is 21.3 Å². The van der Waals surface area contributed by atoms with E-state index < -0.39 is 9.84 Å². The minimum absolute atomic E-state index is 0.106. The van der Waals surface area contributed by atoms with Gasteiger partial charge in [-0.25, -0.2) is 8.42 Å². The Hall–Kier alpha value is -2.65. The van der Waals surface area contributed by atoms with Crippen molar-refractivity contribution in [2.24, 2.45) is 0 Å². The first kappa shape index (κ1) is 16.7. The van der Waals surface area contributed by atoms with Crippen LogP contribution in [0.1, 0.15) is 22.8 Å². The third-order valence-electron chi connectivity index (χ3n) is 3.32. The van der Waals surface area contributed by atoms with E-state index in [0.29, 0.717) is 16.8 Å². The van der Waals surface area contributed by atoms with E-state index in [9.17, 15) is 13.2 Å². The van der Waals surface area contributed by atoms with Crippen molar-refractivity contribution < 1.29 is 13.2 Å². The van der Waals surface area contributed by atoms with E-state index in [2.05, 4.69) is 5.32 Å². The smallest absolute Gasteiger partial charge is 0.180 e. The number of anilines is 1. The number of hydrogen-bond donors (Lipinski definition) is 1. The second kappa shape index (κ2) is 7.07. The molecule has 0 unspecified atom stereocenters. The summed E-state index contributed by atoms with van der Waals surface area (Å²) in [6.07, 6.45) is 0. The van der Waals surface area contributed by atoms with E-state index in [1.165, 1.54) is 6.92 Å². The predicted molar refractivity (Wildman–Crippen MR) is 88.1 cm³/mol. The van der Waals surface area contributed by atoms with Gasteiger partial charge in [-0.3, -0.25) is 4.79 Å². The van der Waals surface area contributed by atoms with Gasteiger partial charge >= 0.3 is 0 Å². The lowest BCUT2D eigenvalue weighted by atomic mass is 10.1. The number of ketones is 1. The highest BCUT2D eigenvalue weighted by Crippen LogP contribution is 2.18. The SMILES string of the molecule is CC(=O)c1ccc(C#N)cc1NCCS(=O)(=O)c1ccccc1. The van der Waals surface area contributed by atoms with Crippen LogP contribution in [0.5, 0.6) is 0 Å². The largest absolute Gasteiger partial charge is 0.383 e. The highest BCUT2D eigenvalue weighted by atomic mass is 32.2. The van der Waals surface area contributed by atoms with E-state index in [1.54, 1.807) is 48.5 Å². The van der Waals surface area contributed by atoms with Crippen molar-refractivity contribution in [1.29, 1.82) is 5.26 Å². The molecule has 2 aromatic rings. The molecule has 6 heteroatoms. The Balaban J connectivity index is 2.13. The summed E-state index contributed by atoms with van der Waals surface area (Å²) < 4.78 is 24.4. The van der Waals surface area contributed by atoms with E-state index >= 15 is 0 Å². The molecule has 0 bridgehead atoms. The van der Waals surface area contributed by atoms with Crippen LogP contribution in [0.3, 0.4) is 0 Å². The summed E-state index contributed by atoms with van der Waals surface area (Å²) in [4.78, 5) is 11.9. The normalized spacial score (nSPS) is 10.8. The number of nitrogens with zero attached hydrogens (tertiary/aromatic N) is 1. The Morgan fingerprint density at radius 3 is 2.48 bits per heavy atom. The molecular weight excluding hydrogens is 312 g/mol. The average molecular weight is 328 g/mol. The molecule has 0 saturated heterocycles. The van der Waals surface area contributed by atoms with Gasteiger partial charge in [-0.05, 0) is 37.3 Å². The second-order valence-corrected chi connectivity index (χ2v) is 7.10. The van der Waals surface area contributed by atoms with Gasteiger partial charge in [0.1, 0.15) is 0 Å². The fourth-order valence-electron chi connectivity index (χ4n) is 2.13. The topological polar surface area (TPSA) is 87.0 Å². The molecule has 0 radical (unpaired) electrons. The zero-order valence-corrected chi connectivity index (χ0v) is 13.4. The number of sulfone groups is 1. The fraction of sp³-hybridized carbons (Fsp3) is 0.176. The number of benzene rings is 2. The molecule has 0 aliphatic carbocycles. The maximum Gasteiger partial charge on any atom is 0.180 e. The van der Waals surface area contributed by atoms with Gasteiger partial charge in [-0.1, -0.05) is 18.2 Å². The minimum atomic E-state index is -3.39. The highest BCUT2D eigenvalue weighted by Gasteiger charge is 2.14. The van der Waals surface area contributed by atoms with Crippen LogP contribution >= 0.6 is 0 Å².